The van der Waals surface area contributed by atoms with Crippen LogP contribution in [0.25, 0.3) is 0 Å². The normalized spacial score (nSPS) is 12.4. The van der Waals surface area contributed by atoms with E-state index in [9.17, 15) is 0 Å². The Labute approximate surface area is 132 Å². The third-order valence-electron chi connectivity index (χ3n) is 2.97. The third-order valence-corrected chi connectivity index (χ3v) is 4.45. The maximum absolute atomic E-state index is 6.07. The number of benzene rings is 2. The Balaban J connectivity index is 1.98. The molecule has 0 spiro atoms. The van der Waals surface area contributed by atoms with Crippen LogP contribution >= 0.6 is 39.1 Å². The first-order chi connectivity index (χ1) is 9.06. The summed E-state index contributed by atoms with van der Waals surface area (Å²) in [6.07, 6.45) is 0. The lowest BCUT2D eigenvalue weighted by Gasteiger charge is -2.14. The van der Waals surface area contributed by atoms with E-state index in [2.05, 4.69) is 34.2 Å². The molecular weight excluding hydrogens is 345 g/mol. The van der Waals surface area contributed by atoms with Gasteiger partial charge in [0.2, 0.25) is 0 Å². The second kappa shape index (κ2) is 6.76. The smallest absolute Gasteiger partial charge is 0.0551 e. The first kappa shape index (κ1) is 14.9. The molecule has 0 amide bonds. The summed E-state index contributed by atoms with van der Waals surface area (Å²) in [7, 11) is 0. The summed E-state index contributed by atoms with van der Waals surface area (Å²) in [4.78, 5) is 0. The van der Waals surface area contributed by atoms with Crippen molar-refractivity contribution in [3.8, 4) is 0 Å². The van der Waals surface area contributed by atoms with Crippen LogP contribution in [0.4, 0.5) is 0 Å². The van der Waals surface area contributed by atoms with Crippen LogP contribution in [-0.2, 0) is 6.54 Å². The Kier molecular flexibility index (Phi) is 5.28. The van der Waals surface area contributed by atoms with Crippen LogP contribution in [0.2, 0.25) is 10.0 Å². The van der Waals surface area contributed by atoms with E-state index < -0.39 is 0 Å². The lowest BCUT2D eigenvalue weighted by molar-refractivity contribution is 0.575. The number of hydrogen-bond acceptors (Lipinski definition) is 1. The molecule has 4 heteroatoms. The Morgan fingerprint density at radius 2 is 1.79 bits per heavy atom. The minimum Gasteiger partial charge on any atom is -0.306 e. The molecule has 0 saturated carbocycles. The van der Waals surface area contributed by atoms with Gasteiger partial charge in [-0.1, -0.05) is 41.4 Å². The highest BCUT2D eigenvalue weighted by Crippen LogP contribution is 2.23. The van der Waals surface area contributed by atoms with Crippen molar-refractivity contribution in [1.82, 2.24) is 5.32 Å². The highest BCUT2D eigenvalue weighted by atomic mass is 79.9. The van der Waals surface area contributed by atoms with Gasteiger partial charge in [0.15, 0.2) is 0 Å². The number of nitrogens with one attached hydrogen (secondary N) is 1. The largest absolute Gasteiger partial charge is 0.306 e. The van der Waals surface area contributed by atoms with Gasteiger partial charge in [-0.2, -0.15) is 0 Å². The van der Waals surface area contributed by atoms with Gasteiger partial charge in [0.1, 0.15) is 0 Å². The van der Waals surface area contributed by atoms with Crippen molar-refractivity contribution in [2.75, 3.05) is 0 Å². The molecule has 0 fully saturated rings. The Morgan fingerprint density at radius 3 is 2.42 bits per heavy atom. The van der Waals surface area contributed by atoms with Gasteiger partial charge in [-0.25, -0.2) is 0 Å². The van der Waals surface area contributed by atoms with Crippen molar-refractivity contribution < 1.29 is 0 Å². The Hall–Kier alpha value is -0.540. The fraction of sp³-hybridized carbons (Fsp3) is 0.200. The van der Waals surface area contributed by atoms with Gasteiger partial charge in [0, 0.05) is 22.1 Å². The molecule has 1 N–H and O–H groups in total. The van der Waals surface area contributed by atoms with Crippen molar-refractivity contribution in [2.45, 2.75) is 19.5 Å². The van der Waals surface area contributed by atoms with Gasteiger partial charge < -0.3 is 5.32 Å². The zero-order chi connectivity index (χ0) is 13.8. The minimum atomic E-state index is 0.264. The van der Waals surface area contributed by atoms with E-state index >= 15 is 0 Å². The van der Waals surface area contributed by atoms with Crippen LogP contribution in [0.5, 0.6) is 0 Å². The van der Waals surface area contributed by atoms with Gasteiger partial charge in [-0.3, -0.25) is 0 Å². The van der Waals surface area contributed by atoms with E-state index in [1.54, 1.807) is 0 Å². The predicted octanol–water partition coefficient (Wildman–Crippen LogP) is 5.61. The summed E-state index contributed by atoms with van der Waals surface area (Å²) < 4.78 is 0.920. The molecule has 1 atom stereocenters. The summed E-state index contributed by atoms with van der Waals surface area (Å²) in [5.41, 5.74) is 2.38. The molecule has 0 aliphatic rings. The van der Waals surface area contributed by atoms with Gasteiger partial charge >= 0.3 is 0 Å². The summed E-state index contributed by atoms with van der Waals surface area (Å²) in [6.45, 7) is 2.90. The van der Waals surface area contributed by atoms with Crippen LogP contribution < -0.4 is 5.32 Å². The van der Waals surface area contributed by atoms with Gasteiger partial charge in [0.05, 0.1) is 5.02 Å². The second-order valence-corrected chi connectivity index (χ2v) is 6.10. The van der Waals surface area contributed by atoms with Crippen LogP contribution in [-0.4, -0.2) is 0 Å². The van der Waals surface area contributed by atoms with Crippen molar-refractivity contribution in [3.05, 3.63) is 68.1 Å². The molecule has 100 valence electrons. The average Bonchev–Trinajstić information content (AvgIpc) is 2.40. The van der Waals surface area contributed by atoms with Crippen LogP contribution in [0, 0.1) is 0 Å². The quantitative estimate of drug-likeness (QED) is 0.749. The molecule has 1 nitrogen and oxygen atoms in total. The molecule has 0 heterocycles. The predicted molar refractivity (Wildman–Crippen MR) is 85.9 cm³/mol. The molecule has 0 aliphatic heterocycles. The van der Waals surface area contributed by atoms with E-state index in [0.717, 1.165) is 26.6 Å². The van der Waals surface area contributed by atoms with Gasteiger partial charge in [-0.05, 0) is 58.2 Å². The van der Waals surface area contributed by atoms with Crippen LogP contribution in [0.3, 0.4) is 0 Å². The molecule has 2 rings (SSSR count). The van der Waals surface area contributed by atoms with Crippen LogP contribution in [0.1, 0.15) is 24.1 Å². The highest BCUT2D eigenvalue weighted by molar-refractivity contribution is 9.10. The molecule has 0 bridgehead atoms. The molecule has 19 heavy (non-hydrogen) atoms. The maximum Gasteiger partial charge on any atom is 0.0551 e. The molecule has 0 radical (unpaired) electrons. The average molecular weight is 359 g/mol. The van der Waals surface area contributed by atoms with E-state index in [1.165, 1.54) is 5.56 Å². The lowest BCUT2D eigenvalue weighted by atomic mass is 10.1. The first-order valence-electron chi connectivity index (χ1n) is 5.99. The molecule has 0 unspecified atom stereocenters. The summed E-state index contributed by atoms with van der Waals surface area (Å²) >= 11 is 15.3. The zero-order valence-electron chi connectivity index (χ0n) is 10.5. The van der Waals surface area contributed by atoms with Crippen molar-refractivity contribution in [3.63, 3.8) is 0 Å². The number of halogens is 3. The summed E-state index contributed by atoms with van der Waals surface area (Å²) in [5, 5.41) is 4.96. The standard InChI is InChI=1S/C15H14BrCl2N/c1-10(12-3-5-13(17)6-4-12)19-9-11-2-7-14(16)15(18)8-11/h2-8,10,19H,9H2,1H3/t10-/m1/s1. The van der Waals surface area contributed by atoms with E-state index in [0.29, 0.717) is 0 Å². The van der Waals surface area contributed by atoms with Crippen molar-refractivity contribution >= 4 is 39.1 Å². The first-order valence-corrected chi connectivity index (χ1v) is 7.54. The van der Waals surface area contributed by atoms with E-state index in [-0.39, 0.29) is 6.04 Å². The van der Waals surface area contributed by atoms with Gasteiger partial charge in [-0.15, -0.1) is 0 Å². The Bertz CT molecular complexity index is 555. The fourth-order valence-corrected chi connectivity index (χ4v) is 2.37. The molecule has 0 saturated heterocycles. The van der Waals surface area contributed by atoms with Gasteiger partial charge in [0.25, 0.3) is 0 Å². The zero-order valence-corrected chi connectivity index (χ0v) is 13.6. The lowest BCUT2D eigenvalue weighted by Crippen LogP contribution is -2.17. The molecule has 2 aromatic carbocycles. The third kappa shape index (κ3) is 4.22. The molecule has 0 aliphatic carbocycles. The van der Waals surface area contributed by atoms with E-state index in [1.807, 2.05) is 36.4 Å². The Morgan fingerprint density at radius 1 is 1.11 bits per heavy atom. The van der Waals surface area contributed by atoms with Crippen LogP contribution in [0.15, 0.2) is 46.9 Å². The highest BCUT2D eigenvalue weighted by Gasteiger charge is 2.05. The SMILES string of the molecule is C[C@@H](NCc1ccc(Br)c(Cl)c1)c1ccc(Cl)cc1. The van der Waals surface area contributed by atoms with E-state index in [4.69, 9.17) is 23.2 Å². The topological polar surface area (TPSA) is 12.0 Å². The monoisotopic (exact) mass is 357 g/mol. The number of rotatable bonds is 4. The second-order valence-electron chi connectivity index (χ2n) is 4.40. The fourth-order valence-electron chi connectivity index (χ4n) is 1.79. The maximum atomic E-state index is 6.07. The molecular formula is C15H14BrCl2N. The van der Waals surface area contributed by atoms with Crippen molar-refractivity contribution in [1.29, 1.82) is 0 Å². The molecule has 0 aromatic heterocycles. The molecule has 2 aromatic rings. The summed E-state index contributed by atoms with van der Waals surface area (Å²) in [5.74, 6) is 0. The summed E-state index contributed by atoms with van der Waals surface area (Å²) in [6, 6.07) is 14.1. The van der Waals surface area contributed by atoms with Crippen molar-refractivity contribution in [2.24, 2.45) is 0 Å². The minimum absolute atomic E-state index is 0.264. The number of hydrogen-bond donors (Lipinski definition) is 1.